The van der Waals surface area contributed by atoms with Gasteiger partial charge in [-0.05, 0) is 37.0 Å². The fourth-order valence-corrected chi connectivity index (χ4v) is 3.33. The van der Waals surface area contributed by atoms with E-state index in [1.165, 1.54) is 16.9 Å². The molecule has 0 radical (unpaired) electrons. The van der Waals surface area contributed by atoms with E-state index in [1.807, 2.05) is 37.3 Å². The number of carbonyl (C=O) groups excluding carboxylic acids is 1. The SMILES string of the molecule is C/C(=N/NC(=O)[C@@H]1C[C@H]1c1ccccc1)c1ccc(Cl)s1. The minimum atomic E-state index is -0.00847. The summed E-state index contributed by atoms with van der Waals surface area (Å²) in [6.07, 6.45) is 0.898. The first kappa shape index (κ1) is 14.3. The van der Waals surface area contributed by atoms with E-state index in [-0.39, 0.29) is 11.8 Å². The summed E-state index contributed by atoms with van der Waals surface area (Å²) in [6, 6.07) is 13.9. The highest BCUT2D eigenvalue weighted by molar-refractivity contribution is 7.18. The summed E-state index contributed by atoms with van der Waals surface area (Å²) in [5.41, 5.74) is 4.66. The Hall–Kier alpha value is -1.65. The molecule has 1 amide bonds. The molecule has 0 spiro atoms. The van der Waals surface area contributed by atoms with Crippen LogP contribution >= 0.6 is 22.9 Å². The Morgan fingerprint density at radius 3 is 2.71 bits per heavy atom. The molecule has 0 saturated heterocycles. The lowest BCUT2D eigenvalue weighted by molar-refractivity contribution is -0.122. The van der Waals surface area contributed by atoms with Crippen LogP contribution in [0.2, 0.25) is 4.34 Å². The van der Waals surface area contributed by atoms with E-state index >= 15 is 0 Å². The van der Waals surface area contributed by atoms with Gasteiger partial charge in [0.15, 0.2) is 0 Å². The lowest BCUT2D eigenvalue weighted by Crippen LogP contribution is -2.21. The number of hydrogen-bond donors (Lipinski definition) is 1. The van der Waals surface area contributed by atoms with Crippen LogP contribution in [-0.4, -0.2) is 11.6 Å². The highest BCUT2D eigenvalue weighted by atomic mass is 35.5. The second-order valence-electron chi connectivity index (χ2n) is 5.14. The van der Waals surface area contributed by atoms with Gasteiger partial charge in [-0.1, -0.05) is 41.9 Å². The van der Waals surface area contributed by atoms with Crippen molar-refractivity contribution in [1.82, 2.24) is 5.43 Å². The van der Waals surface area contributed by atoms with E-state index in [0.717, 1.165) is 21.3 Å². The molecule has 1 aromatic heterocycles. The summed E-state index contributed by atoms with van der Waals surface area (Å²) in [7, 11) is 0. The quantitative estimate of drug-likeness (QED) is 0.670. The van der Waals surface area contributed by atoms with Crippen molar-refractivity contribution in [2.75, 3.05) is 0 Å². The Morgan fingerprint density at radius 2 is 2.05 bits per heavy atom. The van der Waals surface area contributed by atoms with Gasteiger partial charge >= 0.3 is 0 Å². The Bertz CT molecular complexity index is 681. The van der Waals surface area contributed by atoms with Crippen molar-refractivity contribution < 1.29 is 4.79 Å². The van der Waals surface area contributed by atoms with Gasteiger partial charge in [-0.2, -0.15) is 5.10 Å². The van der Waals surface area contributed by atoms with Crippen molar-refractivity contribution in [2.45, 2.75) is 19.3 Å². The van der Waals surface area contributed by atoms with Gasteiger partial charge in [0.25, 0.3) is 0 Å². The van der Waals surface area contributed by atoms with Gasteiger partial charge in [0.05, 0.1) is 14.9 Å². The second kappa shape index (κ2) is 6.00. The number of hydrazone groups is 1. The lowest BCUT2D eigenvalue weighted by atomic mass is 10.1. The van der Waals surface area contributed by atoms with Crippen LogP contribution in [0.5, 0.6) is 0 Å². The number of rotatable bonds is 4. The lowest BCUT2D eigenvalue weighted by Gasteiger charge is -2.01. The first-order valence-corrected chi connectivity index (χ1v) is 7.99. The van der Waals surface area contributed by atoms with E-state index in [2.05, 4.69) is 22.7 Å². The molecule has 1 saturated carbocycles. The standard InChI is InChI=1S/C16H15ClN2OS/c1-10(14-7-8-15(17)21-14)18-19-16(20)13-9-12(13)11-5-3-2-4-6-11/h2-8,12-13H,9H2,1H3,(H,19,20)/b18-10-/t12-,13+/m0/s1. The first-order valence-electron chi connectivity index (χ1n) is 6.80. The van der Waals surface area contributed by atoms with Crippen molar-refractivity contribution in [3.8, 4) is 0 Å². The Kier molecular flexibility index (Phi) is 4.08. The maximum Gasteiger partial charge on any atom is 0.243 e. The van der Waals surface area contributed by atoms with Crippen LogP contribution in [0.3, 0.4) is 0 Å². The molecule has 5 heteroatoms. The van der Waals surface area contributed by atoms with Crippen molar-refractivity contribution in [2.24, 2.45) is 11.0 Å². The number of hydrogen-bond acceptors (Lipinski definition) is 3. The summed E-state index contributed by atoms with van der Waals surface area (Å²) < 4.78 is 0.720. The van der Waals surface area contributed by atoms with Gasteiger partial charge in [-0.3, -0.25) is 4.79 Å². The zero-order valence-electron chi connectivity index (χ0n) is 11.5. The molecular weight excluding hydrogens is 304 g/mol. The average Bonchev–Trinajstić information content (AvgIpc) is 3.20. The van der Waals surface area contributed by atoms with Crippen molar-refractivity contribution in [3.63, 3.8) is 0 Å². The summed E-state index contributed by atoms with van der Waals surface area (Å²) in [5, 5.41) is 4.17. The predicted octanol–water partition coefficient (Wildman–Crippen LogP) is 4.05. The third-order valence-corrected chi connectivity index (χ3v) is 4.96. The monoisotopic (exact) mass is 318 g/mol. The van der Waals surface area contributed by atoms with Crippen LogP contribution in [0.4, 0.5) is 0 Å². The summed E-state index contributed by atoms with van der Waals surface area (Å²) in [4.78, 5) is 13.1. The van der Waals surface area contributed by atoms with Gasteiger partial charge in [-0.25, -0.2) is 5.43 Å². The van der Waals surface area contributed by atoms with Crippen molar-refractivity contribution >= 4 is 34.6 Å². The van der Waals surface area contributed by atoms with Gasteiger partial charge in [0.2, 0.25) is 5.91 Å². The number of thiophene rings is 1. The van der Waals surface area contributed by atoms with E-state index in [1.54, 1.807) is 0 Å². The molecule has 1 fully saturated rings. The fourth-order valence-electron chi connectivity index (χ4n) is 2.34. The van der Waals surface area contributed by atoms with Gasteiger partial charge in [0.1, 0.15) is 0 Å². The largest absolute Gasteiger partial charge is 0.273 e. The third kappa shape index (κ3) is 3.34. The number of nitrogens with zero attached hydrogens (tertiary/aromatic N) is 1. The molecule has 108 valence electrons. The highest BCUT2D eigenvalue weighted by Crippen LogP contribution is 2.47. The molecule has 2 aromatic rings. The topological polar surface area (TPSA) is 41.5 Å². The molecule has 0 aliphatic heterocycles. The molecule has 0 unspecified atom stereocenters. The zero-order chi connectivity index (χ0) is 14.8. The highest BCUT2D eigenvalue weighted by Gasteiger charge is 2.43. The number of nitrogens with one attached hydrogen (secondary N) is 1. The van der Waals surface area contributed by atoms with Crippen LogP contribution in [-0.2, 0) is 4.79 Å². The number of halogens is 1. The maximum absolute atomic E-state index is 12.1. The molecule has 1 aliphatic carbocycles. The number of amides is 1. The molecule has 21 heavy (non-hydrogen) atoms. The molecule has 3 nitrogen and oxygen atoms in total. The smallest absolute Gasteiger partial charge is 0.243 e. The van der Waals surface area contributed by atoms with Gasteiger partial charge in [-0.15, -0.1) is 11.3 Å². The summed E-state index contributed by atoms with van der Waals surface area (Å²) in [5.74, 6) is 0.361. The molecule has 1 aromatic carbocycles. The van der Waals surface area contributed by atoms with Crippen LogP contribution in [0.15, 0.2) is 47.6 Å². The predicted molar refractivity (Wildman–Crippen MR) is 87.0 cm³/mol. The van der Waals surface area contributed by atoms with E-state index < -0.39 is 0 Å². The van der Waals surface area contributed by atoms with E-state index in [0.29, 0.717) is 5.92 Å². The minimum Gasteiger partial charge on any atom is -0.273 e. The zero-order valence-corrected chi connectivity index (χ0v) is 13.1. The second-order valence-corrected chi connectivity index (χ2v) is 6.85. The summed E-state index contributed by atoms with van der Waals surface area (Å²) >= 11 is 7.34. The summed E-state index contributed by atoms with van der Waals surface area (Å²) in [6.45, 7) is 1.87. The van der Waals surface area contributed by atoms with E-state index in [9.17, 15) is 4.79 Å². The number of benzene rings is 1. The van der Waals surface area contributed by atoms with Gasteiger partial charge in [0, 0.05) is 5.92 Å². The normalized spacial score (nSPS) is 21.1. The molecule has 1 heterocycles. The van der Waals surface area contributed by atoms with E-state index in [4.69, 9.17) is 11.6 Å². The van der Waals surface area contributed by atoms with Crippen LogP contribution in [0.25, 0.3) is 0 Å². The molecule has 0 bridgehead atoms. The molecular formula is C16H15ClN2OS. The van der Waals surface area contributed by atoms with Crippen molar-refractivity contribution in [1.29, 1.82) is 0 Å². The molecule has 2 atom stereocenters. The third-order valence-electron chi connectivity index (χ3n) is 3.62. The average molecular weight is 319 g/mol. The molecule has 3 rings (SSSR count). The maximum atomic E-state index is 12.1. The Balaban J connectivity index is 1.58. The van der Waals surface area contributed by atoms with Gasteiger partial charge < -0.3 is 0 Å². The molecule has 1 N–H and O–H groups in total. The van der Waals surface area contributed by atoms with Crippen LogP contribution in [0.1, 0.15) is 29.7 Å². The van der Waals surface area contributed by atoms with Crippen molar-refractivity contribution in [3.05, 3.63) is 57.2 Å². The Morgan fingerprint density at radius 1 is 1.29 bits per heavy atom. The minimum absolute atomic E-state index is 0.00847. The first-order chi connectivity index (χ1) is 10.1. The Labute approximate surface area is 132 Å². The fraction of sp³-hybridized carbons (Fsp3) is 0.250. The molecule has 1 aliphatic rings. The number of carbonyl (C=O) groups is 1. The van der Waals surface area contributed by atoms with Crippen LogP contribution in [0, 0.1) is 5.92 Å². The van der Waals surface area contributed by atoms with Crippen LogP contribution < -0.4 is 5.43 Å².